The molecule has 1 aromatic carbocycles. The van der Waals surface area contributed by atoms with Gasteiger partial charge in [-0.1, -0.05) is 29.3 Å². The predicted octanol–water partition coefficient (Wildman–Crippen LogP) is 3.81. The van der Waals surface area contributed by atoms with Crippen LogP contribution >= 0.6 is 15.9 Å². The summed E-state index contributed by atoms with van der Waals surface area (Å²) >= 11 is 3.60. The Morgan fingerprint density at radius 1 is 1.43 bits per heavy atom. The fourth-order valence-electron chi connectivity index (χ4n) is 3.02. The number of ether oxygens (including phenoxy) is 1. The molecular weight excluding hydrogens is 328 g/mol. The van der Waals surface area contributed by atoms with Crippen LogP contribution in [0.5, 0.6) is 0 Å². The highest BCUT2D eigenvalue weighted by Crippen LogP contribution is 2.29. The maximum absolute atomic E-state index is 5.10. The van der Waals surface area contributed by atoms with Crippen molar-refractivity contribution in [1.29, 1.82) is 0 Å². The molecule has 1 fully saturated rings. The maximum atomic E-state index is 5.10. The average molecular weight is 355 g/mol. The van der Waals surface area contributed by atoms with Crippen molar-refractivity contribution < 1.29 is 4.74 Å². The Morgan fingerprint density at radius 3 is 3.05 bits per heavy atom. The van der Waals surface area contributed by atoms with Gasteiger partial charge in [0.15, 0.2) is 0 Å². The number of hydrogen-bond donors (Lipinski definition) is 1. The van der Waals surface area contributed by atoms with Crippen molar-refractivity contribution in [3.8, 4) is 0 Å². The monoisotopic (exact) mass is 354 g/mol. The molecule has 0 aromatic heterocycles. The van der Waals surface area contributed by atoms with Crippen LogP contribution in [0.1, 0.15) is 31.7 Å². The molecule has 3 nitrogen and oxygen atoms in total. The van der Waals surface area contributed by atoms with Crippen LogP contribution in [0.15, 0.2) is 22.7 Å². The van der Waals surface area contributed by atoms with Crippen LogP contribution < -0.4 is 10.2 Å². The van der Waals surface area contributed by atoms with E-state index in [4.69, 9.17) is 4.74 Å². The molecule has 118 valence electrons. The van der Waals surface area contributed by atoms with Crippen molar-refractivity contribution in [2.45, 2.75) is 32.7 Å². The van der Waals surface area contributed by atoms with Gasteiger partial charge in [0, 0.05) is 43.4 Å². The van der Waals surface area contributed by atoms with E-state index in [1.807, 2.05) is 0 Å². The van der Waals surface area contributed by atoms with Gasteiger partial charge in [0.05, 0.1) is 6.61 Å². The number of halogens is 1. The smallest absolute Gasteiger partial charge is 0.0587 e. The first-order chi connectivity index (χ1) is 10.2. The second-order valence-corrected chi connectivity index (χ2v) is 6.72. The largest absolute Gasteiger partial charge is 0.383 e. The summed E-state index contributed by atoms with van der Waals surface area (Å²) in [6.45, 7) is 7.23. The number of rotatable bonds is 7. The summed E-state index contributed by atoms with van der Waals surface area (Å²) in [6.07, 6.45) is 3.98. The molecule has 4 heteroatoms. The molecule has 0 aliphatic carbocycles. The lowest BCUT2D eigenvalue weighted by atomic mass is 9.94. The highest BCUT2D eigenvalue weighted by atomic mass is 79.9. The van der Waals surface area contributed by atoms with E-state index in [-0.39, 0.29) is 0 Å². The molecule has 0 spiro atoms. The van der Waals surface area contributed by atoms with E-state index in [1.54, 1.807) is 7.11 Å². The van der Waals surface area contributed by atoms with Gasteiger partial charge in [-0.15, -0.1) is 0 Å². The molecule has 21 heavy (non-hydrogen) atoms. The first kappa shape index (κ1) is 16.8. The van der Waals surface area contributed by atoms with Crippen LogP contribution in [0.4, 0.5) is 5.69 Å². The van der Waals surface area contributed by atoms with Crippen LogP contribution in [0.2, 0.25) is 0 Å². The molecule has 0 amide bonds. The zero-order chi connectivity index (χ0) is 15.1. The zero-order valence-corrected chi connectivity index (χ0v) is 14.8. The van der Waals surface area contributed by atoms with Gasteiger partial charge in [-0.2, -0.15) is 0 Å². The number of anilines is 1. The van der Waals surface area contributed by atoms with Crippen LogP contribution in [0.25, 0.3) is 0 Å². The van der Waals surface area contributed by atoms with E-state index in [1.165, 1.54) is 43.6 Å². The zero-order valence-electron chi connectivity index (χ0n) is 13.2. The molecule has 1 unspecified atom stereocenters. The third-order valence-corrected chi connectivity index (χ3v) is 4.77. The molecular formula is C17H27BrN2O. The molecule has 1 aliphatic heterocycles. The second-order valence-electron chi connectivity index (χ2n) is 5.81. The Bertz CT molecular complexity index is 439. The Kier molecular flexibility index (Phi) is 7.00. The van der Waals surface area contributed by atoms with Crippen LogP contribution in [-0.4, -0.2) is 33.4 Å². The lowest BCUT2D eigenvalue weighted by Gasteiger charge is -2.35. The van der Waals surface area contributed by atoms with Gasteiger partial charge in [-0.3, -0.25) is 0 Å². The number of methoxy groups -OCH3 is 1. The summed E-state index contributed by atoms with van der Waals surface area (Å²) in [5.41, 5.74) is 2.76. The SMILES string of the molecule is CCC1CCCN(c2ccc(Br)cc2CNCCOC)C1. The highest BCUT2D eigenvalue weighted by Gasteiger charge is 2.20. The van der Waals surface area contributed by atoms with E-state index in [2.05, 4.69) is 51.3 Å². The van der Waals surface area contributed by atoms with E-state index < -0.39 is 0 Å². The van der Waals surface area contributed by atoms with E-state index in [0.717, 1.165) is 30.1 Å². The minimum absolute atomic E-state index is 0.755. The number of hydrogen-bond acceptors (Lipinski definition) is 3. The molecule has 2 rings (SSSR count). The van der Waals surface area contributed by atoms with Gasteiger partial charge in [0.2, 0.25) is 0 Å². The number of nitrogens with zero attached hydrogens (tertiary/aromatic N) is 1. The fourth-order valence-corrected chi connectivity index (χ4v) is 3.43. The number of nitrogens with one attached hydrogen (secondary N) is 1. The van der Waals surface area contributed by atoms with Gasteiger partial charge in [-0.05, 0) is 42.5 Å². The first-order valence-corrected chi connectivity index (χ1v) is 8.77. The molecule has 1 N–H and O–H groups in total. The minimum atomic E-state index is 0.755. The third-order valence-electron chi connectivity index (χ3n) is 4.28. The summed E-state index contributed by atoms with van der Waals surface area (Å²) in [6, 6.07) is 6.66. The first-order valence-electron chi connectivity index (χ1n) is 7.97. The van der Waals surface area contributed by atoms with Crippen LogP contribution in [0.3, 0.4) is 0 Å². The van der Waals surface area contributed by atoms with Crippen molar-refractivity contribution in [3.05, 3.63) is 28.2 Å². The summed E-state index contributed by atoms with van der Waals surface area (Å²) in [5.74, 6) is 0.844. The normalized spacial score (nSPS) is 19.0. The van der Waals surface area contributed by atoms with Gasteiger partial charge in [-0.25, -0.2) is 0 Å². The molecule has 1 saturated heterocycles. The quantitative estimate of drug-likeness (QED) is 0.753. The fraction of sp³-hybridized carbons (Fsp3) is 0.647. The lowest BCUT2D eigenvalue weighted by molar-refractivity contribution is 0.199. The van der Waals surface area contributed by atoms with Crippen molar-refractivity contribution in [2.24, 2.45) is 5.92 Å². The van der Waals surface area contributed by atoms with Crippen LogP contribution in [0, 0.1) is 5.92 Å². The minimum Gasteiger partial charge on any atom is -0.383 e. The van der Waals surface area contributed by atoms with Gasteiger partial charge in [0.25, 0.3) is 0 Å². The standard InChI is InChI=1S/C17H27BrN2O/c1-3-14-5-4-9-20(13-14)17-7-6-16(18)11-15(17)12-19-8-10-21-2/h6-7,11,14,19H,3-5,8-10,12-13H2,1-2H3. The lowest BCUT2D eigenvalue weighted by Crippen LogP contribution is -2.36. The van der Waals surface area contributed by atoms with Gasteiger partial charge in [0.1, 0.15) is 0 Å². The van der Waals surface area contributed by atoms with Crippen molar-refractivity contribution in [2.75, 3.05) is 38.3 Å². The van der Waals surface area contributed by atoms with E-state index in [0.29, 0.717) is 0 Å². The Balaban J connectivity index is 2.06. The number of benzene rings is 1. The molecule has 1 atom stereocenters. The van der Waals surface area contributed by atoms with E-state index in [9.17, 15) is 0 Å². The molecule has 1 aromatic rings. The second kappa shape index (κ2) is 8.76. The number of piperidine rings is 1. The Morgan fingerprint density at radius 2 is 2.29 bits per heavy atom. The van der Waals surface area contributed by atoms with Crippen molar-refractivity contribution in [1.82, 2.24) is 5.32 Å². The molecule has 0 radical (unpaired) electrons. The van der Waals surface area contributed by atoms with Crippen LogP contribution in [-0.2, 0) is 11.3 Å². The summed E-state index contributed by atoms with van der Waals surface area (Å²) in [7, 11) is 1.74. The van der Waals surface area contributed by atoms with Gasteiger partial charge < -0.3 is 15.0 Å². The average Bonchev–Trinajstić information content (AvgIpc) is 2.52. The molecule has 0 bridgehead atoms. The van der Waals surface area contributed by atoms with Crippen molar-refractivity contribution in [3.63, 3.8) is 0 Å². The Hall–Kier alpha value is -0.580. The van der Waals surface area contributed by atoms with Gasteiger partial charge >= 0.3 is 0 Å². The summed E-state index contributed by atoms with van der Waals surface area (Å²) in [5, 5.41) is 3.46. The Labute approximate surface area is 137 Å². The highest BCUT2D eigenvalue weighted by molar-refractivity contribution is 9.10. The molecule has 0 saturated carbocycles. The summed E-state index contributed by atoms with van der Waals surface area (Å²) in [4.78, 5) is 2.57. The predicted molar refractivity (Wildman–Crippen MR) is 93.0 cm³/mol. The maximum Gasteiger partial charge on any atom is 0.0587 e. The molecule has 1 heterocycles. The van der Waals surface area contributed by atoms with Crippen molar-refractivity contribution >= 4 is 21.6 Å². The topological polar surface area (TPSA) is 24.5 Å². The summed E-state index contributed by atoms with van der Waals surface area (Å²) < 4.78 is 6.25. The third kappa shape index (κ3) is 4.97. The molecule has 1 aliphatic rings. The van der Waals surface area contributed by atoms with E-state index >= 15 is 0 Å².